The molecule has 208 valence electrons. The molecule has 5 rings (SSSR count). The van der Waals surface area contributed by atoms with Crippen molar-refractivity contribution in [3.63, 3.8) is 0 Å². The second-order valence-corrected chi connectivity index (χ2v) is 10.1. The van der Waals surface area contributed by atoms with Crippen molar-refractivity contribution in [1.29, 1.82) is 0 Å². The normalized spacial score (nSPS) is 42.3. The molecule has 2 heterocycles. The molecule has 0 aromatic heterocycles. The molecular formula is C24H28F2N2O10. The first-order valence-corrected chi connectivity index (χ1v) is 12.3. The number of rotatable bonds is 4. The van der Waals surface area contributed by atoms with Gasteiger partial charge < -0.3 is 40.2 Å². The van der Waals surface area contributed by atoms with E-state index in [-0.39, 0.29) is 25.0 Å². The van der Waals surface area contributed by atoms with Gasteiger partial charge in [0.15, 0.2) is 0 Å². The number of aliphatic hydroxyl groups excluding tert-OH is 6. The highest BCUT2D eigenvalue weighted by atomic mass is 19.1. The maximum absolute atomic E-state index is 14.5. The molecule has 0 bridgehead atoms. The molecule has 2 saturated heterocycles. The maximum Gasteiger partial charge on any atom is 0.256 e. The number of ether oxygens (including phenoxy) is 1. The van der Waals surface area contributed by atoms with Crippen LogP contribution in [0, 0.1) is 35.3 Å². The summed E-state index contributed by atoms with van der Waals surface area (Å²) in [6.07, 6.45) is -10.4. The van der Waals surface area contributed by atoms with E-state index in [2.05, 4.69) is 5.16 Å². The van der Waals surface area contributed by atoms with Crippen LogP contribution in [0.5, 0.6) is 0 Å². The summed E-state index contributed by atoms with van der Waals surface area (Å²) in [5.74, 6) is -7.10. The van der Waals surface area contributed by atoms with E-state index in [1.807, 2.05) is 0 Å². The zero-order valence-corrected chi connectivity index (χ0v) is 19.9. The van der Waals surface area contributed by atoms with Crippen molar-refractivity contribution in [2.45, 2.75) is 62.2 Å². The largest absolute Gasteiger partial charge is 0.394 e. The average molecular weight is 542 g/mol. The predicted octanol–water partition coefficient (Wildman–Crippen LogP) is -1.61. The van der Waals surface area contributed by atoms with Gasteiger partial charge in [0.25, 0.3) is 6.29 Å². The zero-order valence-electron chi connectivity index (χ0n) is 19.9. The van der Waals surface area contributed by atoms with Crippen molar-refractivity contribution < 1.29 is 58.6 Å². The molecule has 2 amide bonds. The van der Waals surface area contributed by atoms with Gasteiger partial charge in [0, 0.05) is 24.3 Å². The summed E-state index contributed by atoms with van der Waals surface area (Å²) in [6.45, 7) is -0.679. The van der Waals surface area contributed by atoms with Gasteiger partial charge in [0.2, 0.25) is 11.8 Å². The Labute approximate surface area is 214 Å². The van der Waals surface area contributed by atoms with E-state index in [1.165, 1.54) is 0 Å². The lowest BCUT2D eigenvalue weighted by molar-refractivity contribution is -0.301. The van der Waals surface area contributed by atoms with Crippen LogP contribution in [-0.4, -0.2) is 97.7 Å². The highest BCUT2D eigenvalue weighted by Gasteiger charge is 2.60. The maximum atomic E-state index is 14.5. The van der Waals surface area contributed by atoms with Crippen LogP contribution in [0.1, 0.15) is 19.3 Å². The third-order valence-corrected chi connectivity index (χ3v) is 8.05. The molecule has 38 heavy (non-hydrogen) atoms. The smallest absolute Gasteiger partial charge is 0.256 e. The van der Waals surface area contributed by atoms with Crippen LogP contribution in [-0.2, 0) is 19.2 Å². The first kappa shape index (κ1) is 27.0. The van der Waals surface area contributed by atoms with Gasteiger partial charge in [-0.25, -0.2) is 13.7 Å². The minimum atomic E-state index is -1.73. The van der Waals surface area contributed by atoms with Crippen LogP contribution >= 0.6 is 0 Å². The van der Waals surface area contributed by atoms with Gasteiger partial charge in [0.05, 0.1) is 42.0 Å². The first-order chi connectivity index (χ1) is 18.0. The number of anilines is 1. The minimum absolute atomic E-state index is 0.171. The quantitative estimate of drug-likeness (QED) is 0.191. The van der Waals surface area contributed by atoms with E-state index >= 15 is 0 Å². The number of hydrogen-bond acceptors (Lipinski definition) is 11. The molecule has 2 saturated carbocycles. The highest BCUT2D eigenvalue weighted by Crippen LogP contribution is 2.50. The number of hydrogen-bond donors (Lipinski definition) is 6. The molecule has 6 N–H and O–H groups in total. The number of benzene rings is 1. The molecular weight excluding hydrogens is 514 g/mol. The number of nitrogens with zero attached hydrogens (tertiary/aromatic N) is 2. The molecule has 2 aliphatic carbocycles. The molecule has 14 heteroatoms. The fraction of sp³-hybridized carbons (Fsp3) is 0.625. The molecule has 2 aliphatic heterocycles. The minimum Gasteiger partial charge on any atom is -0.394 e. The number of aliphatic hydroxyl groups is 6. The number of imide groups is 1. The van der Waals surface area contributed by atoms with E-state index < -0.39 is 102 Å². The number of fused-ring (bicyclic) bond motifs is 3. The number of oxime groups is 1. The molecule has 12 nitrogen and oxygen atoms in total. The number of halogens is 2. The summed E-state index contributed by atoms with van der Waals surface area (Å²) in [6, 6.07) is 2.47. The van der Waals surface area contributed by atoms with Crippen molar-refractivity contribution in [1.82, 2.24) is 0 Å². The number of carbonyl (C=O) groups excluding carboxylic acids is 2. The van der Waals surface area contributed by atoms with Gasteiger partial charge in [-0.2, -0.15) is 0 Å². The predicted molar refractivity (Wildman–Crippen MR) is 121 cm³/mol. The Morgan fingerprint density at radius 3 is 2.37 bits per heavy atom. The molecule has 0 spiro atoms. The van der Waals surface area contributed by atoms with Crippen molar-refractivity contribution in [2.24, 2.45) is 28.8 Å². The Hall–Kier alpha value is -2.59. The molecule has 4 aliphatic rings. The van der Waals surface area contributed by atoms with Crippen molar-refractivity contribution >= 4 is 23.2 Å². The fourth-order valence-electron chi connectivity index (χ4n) is 6.15. The molecule has 4 fully saturated rings. The zero-order chi connectivity index (χ0) is 27.5. The average Bonchev–Trinajstić information content (AvgIpc) is 3.14. The molecule has 1 aromatic rings. The molecule has 0 unspecified atom stereocenters. The standard InChI is InChI=1S/C24H28F2N2O10/c25-8-1-4-13(11(26)5-8)28-22(35)10-3-2-9-12(6-14(30)18(31)16(9)17(10)23(28)36)27-38-24-21(34)20(33)19(32)15(7-29)37-24/h1,4-5,9-10,14-21,24,29-34H,2-3,6-7H2/t9-,10-,14-,15-,16+,17-,18-,19-,20+,21-,24+/m1/s1. The molecule has 0 radical (unpaired) electrons. The van der Waals surface area contributed by atoms with Crippen LogP contribution in [0.15, 0.2) is 23.4 Å². The van der Waals surface area contributed by atoms with Gasteiger partial charge in [-0.3, -0.25) is 9.59 Å². The summed E-state index contributed by atoms with van der Waals surface area (Å²) in [5.41, 5.74) is -0.201. The summed E-state index contributed by atoms with van der Waals surface area (Å²) in [7, 11) is 0. The monoisotopic (exact) mass is 542 g/mol. The SMILES string of the molecule is O=C1[C@H]2[C@H]3[C@H](O)[C@H](O)CC(=NO[C@@H]4O[C@H](CO)[C@@H](O)[C@H](O)[C@H]4O)[C@H]3CC[C@H]2C(=O)N1c1ccc(F)cc1F. The van der Waals surface area contributed by atoms with Gasteiger partial charge in [-0.1, -0.05) is 5.16 Å². The Kier molecular flexibility index (Phi) is 7.24. The van der Waals surface area contributed by atoms with Crippen LogP contribution in [0.3, 0.4) is 0 Å². The van der Waals surface area contributed by atoms with Crippen molar-refractivity contribution in [2.75, 3.05) is 11.5 Å². The Morgan fingerprint density at radius 1 is 0.974 bits per heavy atom. The summed E-state index contributed by atoms with van der Waals surface area (Å²) >= 11 is 0. The van der Waals surface area contributed by atoms with Crippen molar-refractivity contribution in [3.8, 4) is 0 Å². The van der Waals surface area contributed by atoms with E-state index in [0.717, 1.165) is 12.1 Å². The van der Waals surface area contributed by atoms with E-state index in [9.17, 15) is 49.0 Å². The van der Waals surface area contributed by atoms with Gasteiger partial charge in [0.1, 0.15) is 36.1 Å². The summed E-state index contributed by atoms with van der Waals surface area (Å²) < 4.78 is 33.2. The first-order valence-electron chi connectivity index (χ1n) is 12.3. The Morgan fingerprint density at radius 2 is 1.68 bits per heavy atom. The lowest BCUT2D eigenvalue weighted by atomic mass is 9.60. The van der Waals surface area contributed by atoms with Crippen LogP contribution in [0.4, 0.5) is 14.5 Å². The van der Waals surface area contributed by atoms with Crippen LogP contribution in [0.25, 0.3) is 0 Å². The second-order valence-electron chi connectivity index (χ2n) is 10.1. The Balaban J connectivity index is 1.41. The number of amides is 2. The van der Waals surface area contributed by atoms with Gasteiger partial charge in [-0.15, -0.1) is 0 Å². The summed E-state index contributed by atoms with van der Waals surface area (Å²) in [4.78, 5) is 32.5. The summed E-state index contributed by atoms with van der Waals surface area (Å²) in [5, 5.41) is 64.9. The van der Waals surface area contributed by atoms with Crippen molar-refractivity contribution in [3.05, 3.63) is 29.8 Å². The van der Waals surface area contributed by atoms with Crippen LogP contribution < -0.4 is 4.90 Å². The van der Waals surface area contributed by atoms with Gasteiger partial charge in [-0.05, 0) is 25.0 Å². The Bertz CT molecular complexity index is 1140. The lowest BCUT2D eigenvalue weighted by Crippen LogP contribution is -2.59. The second kappa shape index (κ2) is 10.2. The number of carbonyl (C=O) groups is 2. The van der Waals surface area contributed by atoms with E-state index in [0.29, 0.717) is 11.0 Å². The fourth-order valence-corrected chi connectivity index (χ4v) is 6.15. The lowest BCUT2D eigenvalue weighted by Gasteiger charge is -2.45. The van der Waals surface area contributed by atoms with Gasteiger partial charge >= 0.3 is 0 Å². The highest BCUT2D eigenvalue weighted by molar-refractivity contribution is 6.22. The van der Waals surface area contributed by atoms with Crippen LogP contribution in [0.2, 0.25) is 0 Å². The van der Waals surface area contributed by atoms with E-state index in [1.54, 1.807) is 0 Å². The third-order valence-electron chi connectivity index (χ3n) is 8.05. The molecule has 11 atom stereocenters. The van der Waals surface area contributed by atoms with E-state index in [4.69, 9.17) is 9.57 Å². The topological polar surface area (TPSA) is 190 Å². The molecule has 1 aromatic carbocycles. The third kappa shape index (κ3) is 4.29.